The normalized spacial score (nSPS) is 11.5. The third-order valence-corrected chi connectivity index (χ3v) is 2.87. The molecule has 5 heteroatoms. The van der Waals surface area contributed by atoms with Crippen LogP contribution in [-0.4, -0.2) is 11.6 Å². The monoisotopic (exact) mass is 274 g/mol. The van der Waals surface area contributed by atoms with Gasteiger partial charge in [-0.3, -0.25) is 4.79 Å². The van der Waals surface area contributed by atoms with Crippen LogP contribution in [-0.2, 0) is 0 Å². The van der Waals surface area contributed by atoms with E-state index in [1.165, 1.54) is 6.07 Å². The molecule has 1 heterocycles. The van der Waals surface area contributed by atoms with E-state index in [0.717, 1.165) is 0 Å². The molecule has 0 fully saturated rings. The maximum atomic E-state index is 13.5. The molecule has 1 aromatic heterocycles. The number of hydrazone groups is 1. The number of nitrogens with one attached hydrogen (secondary N) is 1. The molecule has 0 saturated carbocycles. The first-order chi connectivity index (χ1) is 9.49. The van der Waals surface area contributed by atoms with Crippen LogP contribution in [0.5, 0.6) is 0 Å². The number of carbonyl (C=O) groups excluding carboxylic acids is 1. The predicted octanol–water partition coefficient (Wildman–Crippen LogP) is 3.19. The average molecular weight is 274 g/mol. The van der Waals surface area contributed by atoms with Crippen molar-refractivity contribution >= 4 is 11.6 Å². The molecule has 2 aromatic rings. The fourth-order valence-electron chi connectivity index (χ4n) is 1.87. The van der Waals surface area contributed by atoms with Gasteiger partial charge in [-0.25, -0.2) is 9.82 Å². The van der Waals surface area contributed by atoms with Crippen molar-refractivity contribution in [3.8, 4) is 0 Å². The molecule has 0 unspecified atom stereocenters. The molecule has 20 heavy (non-hydrogen) atoms. The van der Waals surface area contributed by atoms with Gasteiger partial charge >= 0.3 is 0 Å². The van der Waals surface area contributed by atoms with Crippen LogP contribution >= 0.6 is 0 Å². The fraction of sp³-hybridized carbons (Fsp3) is 0.200. The molecule has 0 saturated heterocycles. The van der Waals surface area contributed by atoms with E-state index < -0.39 is 0 Å². The van der Waals surface area contributed by atoms with Gasteiger partial charge in [0, 0.05) is 5.56 Å². The lowest BCUT2D eigenvalue weighted by Gasteiger charge is -2.03. The van der Waals surface area contributed by atoms with E-state index in [0.29, 0.717) is 28.4 Å². The summed E-state index contributed by atoms with van der Waals surface area (Å²) in [5.41, 5.74) is 3.58. The highest BCUT2D eigenvalue weighted by Crippen LogP contribution is 2.13. The van der Waals surface area contributed by atoms with Gasteiger partial charge in [-0.15, -0.1) is 0 Å². The number of rotatable bonds is 3. The van der Waals surface area contributed by atoms with Crippen molar-refractivity contribution < 1.29 is 13.6 Å². The van der Waals surface area contributed by atoms with Crippen molar-refractivity contribution in [1.29, 1.82) is 0 Å². The van der Waals surface area contributed by atoms with E-state index in [9.17, 15) is 9.18 Å². The van der Waals surface area contributed by atoms with Gasteiger partial charge in [0.2, 0.25) is 0 Å². The number of benzene rings is 1. The zero-order chi connectivity index (χ0) is 14.7. The van der Waals surface area contributed by atoms with Gasteiger partial charge in [-0.1, -0.05) is 18.2 Å². The molecular formula is C15H15FN2O2. The van der Waals surface area contributed by atoms with Crippen molar-refractivity contribution in [2.75, 3.05) is 0 Å². The van der Waals surface area contributed by atoms with Gasteiger partial charge in [0.15, 0.2) is 0 Å². The second kappa shape index (κ2) is 5.69. The Kier molecular flexibility index (Phi) is 3.98. The van der Waals surface area contributed by atoms with Crippen LogP contribution in [0.1, 0.15) is 34.4 Å². The smallest absolute Gasteiger partial charge is 0.274 e. The van der Waals surface area contributed by atoms with E-state index in [1.54, 1.807) is 45.0 Å². The van der Waals surface area contributed by atoms with Crippen LogP contribution in [0.2, 0.25) is 0 Å². The molecule has 0 atom stereocenters. The molecule has 1 amide bonds. The molecule has 0 spiro atoms. The summed E-state index contributed by atoms with van der Waals surface area (Å²) in [4.78, 5) is 11.9. The van der Waals surface area contributed by atoms with Crippen LogP contribution in [0.3, 0.4) is 0 Å². The van der Waals surface area contributed by atoms with E-state index >= 15 is 0 Å². The minimum Gasteiger partial charge on any atom is -0.466 e. The number of amides is 1. The molecule has 0 bridgehead atoms. The Morgan fingerprint density at radius 2 is 1.95 bits per heavy atom. The number of carbonyl (C=O) groups is 1. The van der Waals surface area contributed by atoms with E-state index in [1.807, 2.05) is 0 Å². The Hall–Kier alpha value is -2.43. The van der Waals surface area contributed by atoms with Crippen LogP contribution in [0.25, 0.3) is 0 Å². The number of aryl methyl sites for hydroxylation is 2. The van der Waals surface area contributed by atoms with Crippen LogP contribution in [0, 0.1) is 19.7 Å². The molecule has 1 N–H and O–H groups in total. The number of hydrogen-bond acceptors (Lipinski definition) is 3. The third kappa shape index (κ3) is 2.93. The van der Waals surface area contributed by atoms with Gasteiger partial charge in [-0.05, 0) is 32.9 Å². The predicted molar refractivity (Wildman–Crippen MR) is 74.3 cm³/mol. The summed E-state index contributed by atoms with van der Waals surface area (Å²) in [6.45, 7) is 5.10. The Balaban J connectivity index is 2.15. The minimum atomic E-state index is -0.380. The van der Waals surface area contributed by atoms with Gasteiger partial charge in [0.05, 0.1) is 11.3 Å². The van der Waals surface area contributed by atoms with Crippen molar-refractivity contribution in [3.05, 3.63) is 58.8 Å². The lowest BCUT2D eigenvalue weighted by atomic mass is 10.1. The van der Waals surface area contributed by atoms with Gasteiger partial charge in [0.25, 0.3) is 5.91 Å². The molecule has 0 aliphatic carbocycles. The highest BCUT2D eigenvalue weighted by Gasteiger charge is 2.13. The Labute approximate surface area is 116 Å². The van der Waals surface area contributed by atoms with E-state index in [4.69, 9.17) is 4.42 Å². The van der Waals surface area contributed by atoms with Crippen LogP contribution < -0.4 is 5.43 Å². The summed E-state index contributed by atoms with van der Waals surface area (Å²) in [7, 11) is 0. The zero-order valence-corrected chi connectivity index (χ0v) is 11.5. The topological polar surface area (TPSA) is 54.6 Å². The summed E-state index contributed by atoms with van der Waals surface area (Å²) < 4.78 is 18.8. The number of halogens is 1. The molecule has 0 radical (unpaired) electrons. The summed E-state index contributed by atoms with van der Waals surface area (Å²) >= 11 is 0. The van der Waals surface area contributed by atoms with E-state index in [-0.39, 0.29) is 11.7 Å². The first-order valence-corrected chi connectivity index (χ1v) is 6.15. The van der Waals surface area contributed by atoms with Crippen LogP contribution in [0.15, 0.2) is 39.9 Å². The Morgan fingerprint density at radius 3 is 2.55 bits per heavy atom. The summed E-state index contributed by atoms with van der Waals surface area (Å²) in [6.07, 6.45) is 0. The van der Waals surface area contributed by atoms with Crippen molar-refractivity contribution in [1.82, 2.24) is 5.43 Å². The number of nitrogens with zero attached hydrogens (tertiary/aromatic N) is 1. The summed E-state index contributed by atoms with van der Waals surface area (Å²) in [5, 5.41) is 3.92. The zero-order valence-electron chi connectivity index (χ0n) is 11.5. The quantitative estimate of drug-likeness (QED) is 0.690. The first kappa shape index (κ1) is 14.0. The lowest BCUT2D eigenvalue weighted by molar-refractivity contribution is 0.0953. The minimum absolute atomic E-state index is 0.355. The second-order valence-corrected chi connectivity index (χ2v) is 4.44. The molecule has 2 rings (SSSR count). The maximum absolute atomic E-state index is 13.5. The largest absolute Gasteiger partial charge is 0.466 e. The Morgan fingerprint density at radius 1 is 1.25 bits per heavy atom. The number of hydrogen-bond donors (Lipinski definition) is 1. The van der Waals surface area contributed by atoms with Gasteiger partial charge in [-0.2, -0.15) is 5.10 Å². The van der Waals surface area contributed by atoms with Crippen molar-refractivity contribution in [2.45, 2.75) is 20.8 Å². The van der Waals surface area contributed by atoms with Gasteiger partial charge in [0.1, 0.15) is 17.3 Å². The molecule has 1 aromatic carbocycles. The first-order valence-electron chi connectivity index (χ1n) is 6.15. The molecule has 4 nitrogen and oxygen atoms in total. The average Bonchev–Trinajstić information content (AvgIpc) is 2.75. The fourth-order valence-corrected chi connectivity index (χ4v) is 1.87. The molecule has 0 aliphatic heterocycles. The van der Waals surface area contributed by atoms with E-state index in [2.05, 4.69) is 10.5 Å². The van der Waals surface area contributed by atoms with Crippen molar-refractivity contribution in [3.63, 3.8) is 0 Å². The lowest BCUT2D eigenvalue weighted by Crippen LogP contribution is -2.19. The summed E-state index contributed by atoms with van der Waals surface area (Å²) in [6, 6.07) is 7.90. The summed E-state index contributed by atoms with van der Waals surface area (Å²) in [5.74, 6) is 0.426. The highest BCUT2D eigenvalue weighted by molar-refractivity contribution is 6.01. The standard InChI is InChI=1S/C15H15FN2O2/c1-9-8-13(11(3)20-9)15(19)18-17-10(2)12-6-4-5-7-14(12)16/h4-8H,1-3H3,(H,18,19)/b17-10-. The maximum Gasteiger partial charge on any atom is 0.274 e. The van der Waals surface area contributed by atoms with Crippen LogP contribution in [0.4, 0.5) is 4.39 Å². The van der Waals surface area contributed by atoms with Crippen molar-refractivity contribution in [2.24, 2.45) is 5.10 Å². The van der Waals surface area contributed by atoms with Gasteiger partial charge < -0.3 is 4.42 Å². The molecule has 0 aliphatic rings. The second-order valence-electron chi connectivity index (χ2n) is 4.44. The Bertz CT molecular complexity index is 674. The third-order valence-electron chi connectivity index (χ3n) is 2.87. The molecule has 104 valence electrons. The molecular weight excluding hydrogens is 259 g/mol. The number of furan rings is 1. The highest BCUT2D eigenvalue weighted by atomic mass is 19.1. The SMILES string of the molecule is C/C(=N/NC(=O)c1cc(C)oc1C)c1ccccc1F.